The van der Waals surface area contributed by atoms with Gasteiger partial charge in [-0.25, -0.2) is 0 Å². The predicted octanol–water partition coefficient (Wildman–Crippen LogP) is 5.19. The number of hydrogen-bond donors (Lipinski definition) is 1. The molecule has 1 fully saturated rings. The second-order valence-corrected chi connectivity index (χ2v) is 9.03. The number of carbonyl (C=O) groups is 1. The normalized spacial score (nSPS) is 15.3. The van der Waals surface area contributed by atoms with Crippen LogP contribution in [0.3, 0.4) is 0 Å². The van der Waals surface area contributed by atoms with E-state index < -0.39 is 0 Å². The van der Waals surface area contributed by atoms with Crippen LogP contribution in [0.2, 0.25) is 5.02 Å². The highest BCUT2D eigenvalue weighted by Crippen LogP contribution is 2.38. The minimum Gasteiger partial charge on any atom is -0.489 e. The minimum absolute atomic E-state index is 0.00155. The summed E-state index contributed by atoms with van der Waals surface area (Å²) in [5.74, 6) is 2.20. The Kier molecular flexibility index (Phi) is 6.55. The van der Waals surface area contributed by atoms with Gasteiger partial charge in [0.15, 0.2) is 11.5 Å². The van der Waals surface area contributed by atoms with E-state index in [0.717, 1.165) is 36.1 Å². The van der Waals surface area contributed by atoms with Gasteiger partial charge >= 0.3 is 0 Å². The average Bonchev–Trinajstić information content (AvgIpc) is 3.53. The minimum atomic E-state index is -0.00155. The number of fused-ring (bicyclic) bond motifs is 1. The van der Waals surface area contributed by atoms with Crippen LogP contribution in [-0.2, 0) is 19.6 Å². The van der Waals surface area contributed by atoms with Crippen molar-refractivity contribution in [2.45, 2.75) is 44.9 Å². The van der Waals surface area contributed by atoms with Crippen molar-refractivity contribution >= 4 is 17.5 Å². The number of halogens is 1. The first-order valence-corrected chi connectivity index (χ1v) is 11.7. The van der Waals surface area contributed by atoms with Crippen molar-refractivity contribution in [1.29, 1.82) is 0 Å². The van der Waals surface area contributed by atoms with Gasteiger partial charge in [0, 0.05) is 31.1 Å². The van der Waals surface area contributed by atoms with Gasteiger partial charge in [0.2, 0.25) is 0 Å². The van der Waals surface area contributed by atoms with E-state index in [1.807, 2.05) is 48.5 Å². The molecule has 0 unspecified atom stereocenters. The Morgan fingerprint density at radius 1 is 1.00 bits per heavy atom. The van der Waals surface area contributed by atoms with Crippen LogP contribution < -0.4 is 14.8 Å². The molecule has 1 saturated carbocycles. The first-order chi connectivity index (χ1) is 16.1. The van der Waals surface area contributed by atoms with Gasteiger partial charge in [0.05, 0.1) is 31.0 Å². The van der Waals surface area contributed by atoms with Crippen molar-refractivity contribution in [2.24, 2.45) is 0 Å². The molecule has 0 radical (unpaired) electrons. The van der Waals surface area contributed by atoms with E-state index >= 15 is 0 Å². The Morgan fingerprint density at radius 3 is 2.55 bits per heavy atom. The summed E-state index contributed by atoms with van der Waals surface area (Å²) in [6.45, 7) is 3.20. The molecule has 1 N–H and O–H groups in total. The maximum Gasteiger partial charge on any atom is 0.251 e. The van der Waals surface area contributed by atoms with Crippen LogP contribution in [0, 0.1) is 0 Å². The smallest absolute Gasteiger partial charge is 0.251 e. The van der Waals surface area contributed by atoms with E-state index in [9.17, 15) is 4.79 Å². The third-order valence-electron chi connectivity index (χ3n) is 5.76. The highest BCUT2D eigenvalue weighted by Gasteiger charge is 2.24. The third kappa shape index (κ3) is 5.70. The van der Waals surface area contributed by atoms with Crippen LogP contribution in [0.1, 0.15) is 46.5 Å². The van der Waals surface area contributed by atoms with Gasteiger partial charge in [-0.1, -0.05) is 23.7 Å². The number of amides is 1. The van der Waals surface area contributed by atoms with Crippen molar-refractivity contribution in [2.75, 3.05) is 13.2 Å². The first-order valence-electron chi connectivity index (χ1n) is 11.4. The van der Waals surface area contributed by atoms with Crippen molar-refractivity contribution in [3.05, 3.63) is 82.3 Å². The number of carbonyl (C=O) groups excluding carboxylic acids is 1. The zero-order valence-electron chi connectivity index (χ0n) is 18.4. The first kappa shape index (κ1) is 21.9. The lowest BCUT2D eigenvalue weighted by Gasteiger charge is -2.22. The Hall–Kier alpha value is -2.96. The van der Waals surface area contributed by atoms with Crippen LogP contribution in [0.5, 0.6) is 11.5 Å². The van der Waals surface area contributed by atoms with Gasteiger partial charge in [-0.2, -0.15) is 0 Å². The van der Waals surface area contributed by atoms with Crippen molar-refractivity contribution in [3.8, 4) is 11.5 Å². The van der Waals surface area contributed by atoms with Crippen LogP contribution in [0.15, 0.2) is 59.2 Å². The molecule has 1 aliphatic heterocycles. The Bertz CT molecular complexity index is 1090. The number of hydrogen-bond acceptors (Lipinski definition) is 5. The molecule has 0 atom stereocenters. The molecule has 2 aromatic carbocycles. The molecule has 1 aromatic heterocycles. The van der Waals surface area contributed by atoms with Gasteiger partial charge in [-0.3, -0.25) is 9.69 Å². The van der Waals surface area contributed by atoms with E-state index in [2.05, 4.69) is 10.2 Å². The van der Waals surface area contributed by atoms with E-state index in [1.54, 1.807) is 6.26 Å². The summed E-state index contributed by atoms with van der Waals surface area (Å²) < 4.78 is 17.2. The molecule has 172 valence electrons. The molecule has 0 bridgehead atoms. The fraction of sp³-hybridized carbons (Fsp3) is 0.346. The predicted molar refractivity (Wildman–Crippen MR) is 126 cm³/mol. The molecule has 0 saturated heterocycles. The topological polar surface area (TPSA) is 63.9 Å². The number of benzene rings is 2. The SMILES string of the molecule is O=C(NC1CC1)c1ccc(CN(Cc2cc(Cl)c3c(c2)OCCCO3)Cc2ccco2)cc1. The van der Waals surface area contributed by atoms with E-state index in [0.29, 0.717) is 61.0 Å². The van der Waals surface area contributed by atoms with Crippen molar-refractivity contribution < 1.29 is 18.7 Å². The number of rotatable bonds is 8. The lowest BCUT2D eigenvalue weighted by atomic mass is 10.1. The Labute approximate surface area is 198 Å². The van der Waals surface area contributed by atoms with Crippen molar-refractivity contribution in [3.63, 3.8) is 0 Å². The average molecular weight is 467 g/mol. The van der Waals surface area contributed by atoms with Crippen LogP contribution >= 0.6 is 11.6 Å². The van der Waals surface area contributed by atoms with Gasteiger partial charge in [-0.05, 0) is 60.4 Å². The van der Waals surface area contributed by atoms with Crippen LogP contribution in [-0.4, -0.2) is 30.1 Å². The number of nitrogens with zero attached hydrogens (tertiary/aromatic N) is 1. The molecule has 1 amide bonds. The molecule has 2 heterocycles. The molecule has 2 aliphatic rings. The molecule has 6 nitrogen and oxygen atoms in total. The summed E-state index contributed by atoms with van der Waals surface area (Å²) in [7, 11) is 0. The zero-order valence-corrected chi connectivity index (χ0v) is 19.1. The summed E-state index contributed by atoms with van der Waals surface area (Å²) in [4.78, 5) is 14.6. The largest absolute Gasteiger partial charge is 0.489 e. The molecule has 33 heavy (non-hydrogen) atoms. The molecule has 1 aliphatic carbocycles. The van der Waals surface area contributed by atoms with Gasteiger partial charge in [0.25, 0.3) is 5.91 Å². The summed E-state index contributed by atoms with van der Waals surface area (Å²) in [5, 5.41) is 3.59. The lowest BCUT2D eigenvalue weighted by molar-refractivity contribution is 0.0951. The third-order valence-corrected chi connectivity index (χ3v) is 6.04. The monoisotopic (exact) mass is 466 g/mol. The maximum atomic E-state index is 12.3. The highest BCUT2D eigenvalue weighted by atomic mass is 35.5. The summed E-state index contributed by atoms with van der Waals surface area (Å²) in [6.07, 6.45) is 4.68. The van der Waals surface area contributed by atoms with E-state index in [1.165, 1.54) is 0 Å². The molecule has 7 heteroatoms. The van der Waals surface area contributed by atoms with Crippen LogP contribution in [0.4, 0.5) is 0 Å². The summed E-state index contributed by atoms with van der Waals surface area (Å²) >= 11 is 6.51. The summed E-state index contributed by atoms with van der Waals surface area (Å²) in [6, 6.07) is 16.0. The van der Waals surface area contributed by atoms with E-state index in [4.69, 9.17) is 25.5 Å². The lowest BCUT2D eigenvalue weighted by Crippen LogP contribution is -2.25. The molecular formula is C26H27ClN2O4. The van der Waals surface area contributed by atoms with Gasteiger partial charge < -0.3 is 19.2 Å². The van der Waals surface area contributed by atoms with E-state index in [-0.39, 0.29) is 5.91 Å². The maximum absolute atomic E-state index is 12.3. The quantitative estimate of drug-likeness (QED) is 0.495. The zero-order chi connectivity index (χ0) is 22.6. The number of nitrogens with one attached hydrogen (secondary N) is 1. The molecule has 3 aromatic rings. The molecular weight excluding hydrogens is 440 g/mol. The molecule has 0 spiro atoms. The number of furan rings is 1. The second-order valence-electron chi connectivity index (χ2n) is 8.62. The van der Waals surface area contributed by atoms with Gasteiger partial charge in [-0.15, -0.1) is 0 Å². The second kappa shape index (κ2) is 9.89. The fourth-order valence-corrected chi connectivity index (χ4v) is 4.23. The standard InChI is InChI=1S/C26H27ClN2O4/c27-23-13-19(14-24-25(23)33-12-2-11-32-24)16-29(17-22-3-1-10-31-22)15-18-4-6-20(7-5-18)26(30)28-21-8-9-21/h1,3-7,10,13-14,21H,2,8-9,11-12,15-17H2,(H,28,30). The Balaban J connectivity index is 1.32. The fourth-order valence-electron chi connectivity index (χ4n) is 3.94. The highest BCUT2D eigenvalue weighted by molar-refractivity contribution is 6.32. The number of ether oxygens (including phenoxy) is 2. The summed E-state index contributed by atoms with van der Waals surface area (Å²) in [5.41, 5.74) is 2.85. The van der Waals surface area contributed by atoms with Crippen LogP contribution in [0.25, 0.3) is 0 Å². The molecule has 5 rings (SSSR count). The van der Waals surface area contributed by atoms with Gasteiger partial charge in [0.1, 0.15) is 5.76 Å². The Morgan fingerprint density at radius 2 is 1.79 bits per heavy atom. The van der Waals surface area contributed by atoms with Crippen molar-refractivity contribution in [1.82, 2.24) is 10.2 Å².